The molecule has 1 aromatic carbocycles. The van der Waals surface area contributed by atoms with Crippen molar-refractivity contribution in [1.29, 1.82) is 0 Å². The summed E-state index contributed by atoms with van der Waals surface area (Å²) >= 11 is 7.88. The van der Waals surface area contributed by atoms with E-state index in [-0.39, 0.29) is 11.9 Å². The smallest absolute Gasteiger partial charge is 0.253 e. The molecule has 0 spiro atoms. The third-order valence-corrected chi connectivity index (χ3v) is 6.84. The van der Waals surface area contributed by atoms with Gasteiger partial charge in [-0.15, -0.1) is 11.3 Å². The van der Waals surface area contributed by atoms with Crippen molar-refractivity contribution in [3.63, 3.8) is 0 Å². The van der Waals surface area contributed by atoms with E-state index in [2.05, 4.69) is 15.2 Å². The van der Waals surface area contributed by atoms with E-state index in [1.54, 1.807) is 23.5 Å². The van der Waals surface area contributed by atoms with Gasteiger partial charge in [-0.25, -0.2) is 4.98 Å². The molecular weight excluding hydrogens is 382 g/mol. The van der Waals surface area contributed by atoms with Crippen molar-refractivity contribution in [2.24, 2.45) is 5.92 Å². The predicted octanol–water partition coefficient (Wildman–Crippen LogP) is 4.34. The standard InChI is InChI=1S/C20H20ClN3O2S/c1-11-2-3-17(27-11)20-23-18-14(8-13(21)9-16(18)26-20)19(25)22-15-10-24-6-4-12(15)5-7-24/h2-3,8-9,12,15H,4-7,10H2,1H3,(H,22,25). The summed E-state index contributed by atoms with van der Waals surface area (Å²) in [4.78, 5) is 22.2. The molecular formula is C20H20ClN3O2S. The van der Waals surface area contributed by atoms with Gasteiger partial charge >= 0.3 is 0 Å². The average Bonchev–Trinajstić information content (AvgIpc) is 3.28. The molecule has 3 fully saturated rings. The highest BCUT2D eigenvalue weighted by Crippen LogP contribution is 2.33. The molecule has 140 valence electrons. The number of rotatable bonds is 3. The molecule has 3 aliphatic heterocycles. The number of carbonyl (C=O) groups is 1. The van der Waals surface area contributed by atoms with Crippen molar-refractivity contribution >= 4 is 39.9 Å². The Morgan fingerprint density at radius 2 is 2.15 bits per heavy atom. The predicted molar refractivity (Wildman–Crippen MR) is 107 cm³/mol. The van der Waals surface area contributed by atoms with Crippen molar-refractivity contribution in [2.45, 2.75) is 25.8 Å². The number of aromatic nitrogens is 1. The molecule has 1 unspecified atom stereocenters. The topological polar surface area (TPSA) is 58.4 Å². The Morgan fingerprint density at radius 3 is 2.81 bits per heavy atom. The first-order valence-corrected chi connectivity index (χ1v) is 10.5. The molecule has 3 saturated heterocycles. The van der Waals surface area contributed by atoms with Crippen LogP contribution in [0.25, 0.3) is 21.9 Å². The third-order valence-electron chi connectivity index (χ3n) is 5.63. The lowest BCUT2D eigenvalue weighted by Crippen LogP contribution is -2.57. The number of halogens is 1. The van der Waals surface area contributed by atoms with E-state index in [9.17, 15) is 4.79 Å². The van der Waals surface area contributed by atoms with Gasteiger partial charge < -0.3 is 14.6 Å². The molecule has 6 rings (SSSR count). The maximum Gasteiger partial charge on any atom is 0.253 e. The molecule has 2 aromatic heterocycles. The van der Waals surface area contributed by atoms with Crippen molar-refractivity contribution < 1.29 is 9.21 Å². The molecule has 7 heteroatoms. The van der Waals surface area contributed by atoms with E-state index in [1.165, 1.54) is 4.88 Å². The van der Waals surface area contributed by atoms with Crippen LogP contribution < -0.4 is 5.32 Å². The van der Waals surface area contributed by atoms with Gasteiger partial charge in [-0.2, -0.15) is 0 Å². The fourth-order valence-corrected chi connectivity index (χ4v) is 5.20. The van der Waals surface area contributed by atoms with Crippen LogP contribution in [0.15, 0.2) is 28.7 Å². The highest BCUT2D eigenvalue weighted by atomic mass is 35.5. The SMILES string of the molecule is Cc1ccc(-c2nc3c(C(=O)NC4CN5CCC4CC5)cc(Cl)cc3o2)s1. The molecule has 1 atom stereocenters. The van der Waals surface area contributed by atoms with Crippen LogP contribution in [0.2, 0.25) is 5.02 Å². The zero-order chi connectivity index (χ0) is 18.5. The van der Waals surface area contributed by atoms with Crippen LogP contribution in [-0.2, 0) is 0 Å². The summed E-state index contributed by atoms with van der Waals surface area (Å²) in [6.07, 6.45) is 2.31. The second-order valence-corrected chi connectivity index (χ2v) is 9.17. The largest absolute Gasteiger partial charge is 0.435 e. The molecule has 3 aromatic rings. The van der Waals surface area contributed by atoms with E-state index in [0.29, 0.717) is 33.5 Å². The number of thiophene rings is 1. The Labute approximate surface area is 166 Å². The van der Waals surface area contributed by atoms with Gasteiger partial charge in [-0.05, 0) is 57.0 Å². The highest BCUT2D eigenvalue weighted by Gasteiger charge is 2.35. The van der Waals surface area contributed by atoms with Gasteiger partial charge in [0.1, 0.15) is 5.52 Å². The zero-order valence-electron chi connectivity index (χ0n) is 15.0. The average molecular weight is 402 g/mol. The van der Waals surface area contributed by atoms with Gasteiger partial charge in [-0.1, -0.05) is 11.6 Å². The first-order chi connectivity index (χ1) is 13.1. The van der Waals surface area contributed by atoms with Crippen LogP contribution in [0, 0.1) is 12.8 Å². The first-order valence-electron chi connectivity index (χ1n) is 9.27. The maximum absolute atomic E-state index is 13.0. The number of piperidine rings is 3. The highest BCUT2D eigenvalue weighted by molar-refractivity contribution is 7.15. The second-order valence-electron chi connectivity index (χ2n) is 7.45. The Bertz CT molecular complexity index is 1020. The van der Waals surface area contributed by atoms with Gasteiger partial charge in [0.25, 0.3) is 5.91 Å². The van der Waals surface area contributed by atoms with Crippen LogP contribution in [0.3, 0.4) is 0 Å². The second kappa shape index (κ2) is 6.62. The molecule has 0 radical (unpaired) electrons. The number of aryl methyl sites for hydroxylation is 1. The summed E-state index contributed by atoms with van der Waals surface area (Å²) in [5.41, 5.74) is 1.60. The van der Waals surface area contributed by atoms with Crippen molar-refractivity contribution in [3.8, 4) is 10.8 Å². The van der Waals surface area contributed by atoms with E-state index in [1.807, 2.05) is 19.1 Å². The normalized spacial score (nSPS) is 24.4. The minimum absolute atomic E-state index is 0.122. The third kappa shape index (κ3) is 3.16. The van der Waals surface area contributed by atoms with Gasteiger partial charge in [0.05, 0.1) is 10.4 Å². The van der Waals surface area contributed by atoms with E-state index < -0.39 is 0 Å². The Morgan fingerprint density at radius 1 is 1.33 bits per heavy atom. The number of hydrogen-bond donors (Lipinski definition) is 1. The van der Waals surface area contributed by atoms with E-state index >= 15 is 0 Å². The molecule has 5 heterocycles. The summed E-state index contributed by atoms with van der Waals surface area (Å²) in [5.74, 6) is 0.973. The Balaban J connectivity index is 1.48. The molecule has 1 N–H and O–H groups in total. The summed E-state index contributed by atoms with van der Waals surface area (Å²) in [6.45, 7) is 5.26. The van der Waals surface area contributed by atoms with Crippen LogP contribution in [0.1, 0.15) is 28.1 Å². The summed E-state index contributed by atoms with van der Waals surface area (Å²) in [7, 11) is 0. The van der Waals surface area contributed by atoms with Crippen LogP contribution in [0.4, 0.5) is 0 Å². The number of carbonyl (C=O) groups excluding carboxylic acids is 1. The lowest BCUT2D eigenvalue weighted by molar-refractivity contribution is 0.0621. The Hall–Kier alpha value is -1.89. The lowest BCUT2D eigenvalue weighted by Gasteiger charge is -2.44. The van der Waals surface area contributed by atoms with Gasteiger partial charge in [0.15, 0.2) is 5.58 Å². The molecule has 2 bridgehead atoms. The monoisotopic (exact) mass is 401 g/mol. The number of nitrogens with one attached hydrogen (secondary N) is 1. The molecule has 0 aliphatic carbocycles. The molecule has 0 saturated carbocycles. The van der Waals surface area contributed by atoms with Crippen LogP contribution in [-0.4, -0.2) is 41.5 Å². The molecule has 3 aliphatic rings. The van der Waals surface area contributed by atoms with Gasteiger partial charge in [-0.3, -0.25) is 4.79 Å². The van der Waals surface area contributed by atoms with Crippen LogP contribution >= 0.6 is 22.9 Å². The lowest BCUT2D eigenvalue weighted by atomic mass is 9.84. The minimum atomic E-state index is -0.122. The quantitative estimate of drug-likeness (QED) is 0.709. The first kappa shape index (κ1) is 17.2. The number of oxazole rings is 1. The molecule has 1 amide bonds. The van der Waals surface area contributed by atoms with Gasteiger partial charge in [0, 0.05) is 28.6 Å². The number of benzene rings is 1. The maximum atomic E-state index is 13.0. The number of nitrogens with zero attached hydrogens (tertiary/aromatic N) is 2. The summed E-state index contributed by atoms with van der Waals surface area (Å²) < 4.78 is 5.91. The number of hydrogen-bond acceptors (Lipinski definition) is 5. The number of fused-ring (bicyclic) bond motifs is 4. The summed E-state index contributed by atoms with van der Waals surface area (Å²) in [5, 5.41) is 3.70. The van der Waals surface area contributed by atoms with Gasteiger partial charge in [0.2, 0.25) is 5.89 Å². The van der Waals surface area contributed by atoms with E-state index in [0.717, 1.165) is 37.4 Å². The van der Waals surface area contributed by atoms with Crippen molar-refractivity contribution in [2.75, 3.05) is 19.6 Å². The molecule has 27 heavy (non-hydrogen) atoms. The number of amides is 1. The molecule has 5 nitrogen and oxygen atoms in total. The minimum Gasteiger partial charge on any atom is -0.435 e. The van der Waals surface area contributed by atoms with Crippen molar-refractivity contribution in [1.82, 2.24) is 15.2 Å². The summed E-state index contributed by atoms with van der Waals surface area (Å²) in [6, 6.07) is 7.62. The fraction of sp³-hybridized carbons (Fsp3) is 0.400. The van der Waals surface area contributed by atoms with E-state index in [4.69, 9.17) is 16.0 Å². The van der Waals surface area contributed by atoms with Crippen LogP contribution in [0.5, 0.6) is 0 Å². The Kier molecular flexibility index (Phi) is 4.22. The fourth-order valence-electron chi connectivity index (χ4n) is 4.20. The zero-order valence-corrected chi connectivity index (χ0v) is 16.6. The van der Waals surface area contributed by atoms with Crippen molar-refractivity contribution in [3.05, 3.63) is 39.7 Å².